The molecule has 11 heavy (non-hydrogen) atoms. The minimum absolute atomic E-state index is 0.0660. The molecular weight excluding hydrogens is 140 g/mol. The molecule has 0 amide bonds. The molecule has 0 unspecified atom stereocenters. The monoisotopic (exact) mass is 154 g/mol. The van der Waals surface area contributed by atoms with Crippen molar-refractivity contribution in [2.75, 3.05) is 0 Å². The number of hydrogen-bond donors (Lipinski definition) is 0. The maximum Gasteiger partial charge on any atom is 0.306 e. The maximum atomic E-state index is 10.8. The maximum absolute atomic E-state index is 10.8. The number of esters is 1. The van der Waals surface area contributed by atoms with Crippen LogP contribution < -0.4 is 0 Å². The molecule has 1 aliphatic rings. The first kappa shape index (κ1) is 8.31. The molecule has 1 rings (SSSR count). The molecule has 0 N–H and O–H groups in total. The third-order valence-corrected chi connectivity index (χ3v) is 1.96. The molecule has 0 saturated carbocycles. The predicted molar refractivity (Wildman–Crippen MR) is 43.1 cm³/mol. The van der Waals surface area contributed by atoms with Gasteiger partial charge in [0, 0.05) is 12.3 Å². The topological polar surface area (TPSA) is 26.3 Å². The molecule has 0 aromatic rings. The molecule has 0 aromatic heterocycles. The summed E-state index contributed by atoms with van der Waals surface area (Å²) in [6.07, 6.45) is 1.46. The Kier molecular flexibility index (Phi) is 2.32. The fourth-order valence-corrected chi connectivity index (χ4v) is 1.31. The number of ether oxygens (including phenoxy) is 1. The number of carbonyl (C=O) groups excluding carboxylic acids is 1. The molecule has 2 heteroatoms. The quantitative estimate of drug-likeness (QED) is 0.448. The van der Waals surface area contributed by atoms with Crippen LogP contribution in [0.3, 0.4) is 0 Å². The summed E-state index contributed by atoms with van der Waals surface area (Å²) in [4.78, 5) is 10.8. The van der Waals surface area contributed by atoms with E-state index < -0.39 is 0 Å². The normalized spacial score (nSPS) is 30.2. The van der Waals surface area contributed by atoms with Crippen LogP contribution >= 0.6 is 0 Å². The van der Waals surface area contributed by atoms with Gasteiger partial charge in [-0.15, -0.1) is 6.58 Å². The lowest BCUT2D eigenvalue weighted by atomic mass is 9.99. The third kappa shape index (κ3) is 2.07. The molecule has 1 saturated heterocycles. The fourth-order valence-electron chi connectivity index (χ4n) is 1.31. The zero-order valence-corrected chi connectivity index (χ0v) is 7.09. The van der Waals surface area contributed by atoms with Crippen molar-refractivity contribution in [3.05, 3.63) is 12.2 Å². The Morgan fingerprint density at radius 2 is 2.45 bits per heavy atom. The Labute approximate surface area is 67.2 Å². The van der Waals surface area contributed by atoms with E-state index in [9.17, 15) is 4.79 Å². The van der Waals surface area contributed by atoms with Crippen LogP contribution in [0.25, 0.3) is 0 Å². The standard InChI is InChI=1S/C9H14O2/c1-6(2)4-8-7(3)5-9(10)11-8/h7-8H,1,4-5H2,2-3H3/t7-,8+/m1/s1. The summed E-state index contributed by atoms with van der Waals surface area (Å²) in [5.41, 5.74) is 1.08. The van der Waals surface area contributed by atoms with Crippen LogP contribution in [-0.2, 0) is 9.53 Å². The number of rotatable bonds is 2. The van der Waals surface area contributed by atoms with Crippen molar-refractivity contribution < 1.29 is 9.53 Å². The lowest BCUT2D eigenvalue weighted by molar-refractivity contribution is -0.141. The van der Waals surface area contributed by atoms with E-state index in [1.807, 2.05) is 13.8 Å². The van der Waals surface area contributed by atoms with Crippen molar-refractivity contribution in [2.24, 2.45) is 5.92 Å². The molecule has 0 aromatic carbocycles. The number of carbonyl (C=O) groups is 1. The van der Waals surface area contributed by atoms with Crippen molar-refractivity contribution in [3.63, 3.8) is 0 Å². The highest BCUT2D eigenvalue weighted by Crippen LogP contribution is 2.25. The second-order valence-corrected chi connectivity index (χ2v) is 3.37. The molecule has 0 spiro atoms. The summed E-state index contributed by atoms with van der Waals surface area (Å²) in [5, 5.41) is 0. The van der Waals surface area contributed by atoms with Crippen LogP contribution in [0, 0.1) is 5.92 Å². The number of cyclic esters (lactones) is 1. The van der Waals surface area contributed by atoms with Crippen molar-refractivity contribution >= 4 is 5.97 Å². The lowest BCUT2D eigenvalue weighted by Gasteiger charge is -2.12. The highest BCUT2D eigenvalue weighted by atomic mass is 16.5. The van der Waals surface area contributed by atoms with Gasteiger partial charge < -0.3 is 4.74 Å². The summed E-state index contributed by atoms with van der Waals surface area (Å²) in [7, 11) is 0. The van der Waals surface area contributed by atoms with Crippen LogP contribution in [-0.4, -0.2) is 12.1 Å². The van der Waals surface area contributed by atoms with Crippen LogP contribution in [0.1, 0.15) is 26.7 Å². The highest BCUT2D eigenvalue weighted by molar-refractivity contribution is 5.72. The summed E-state index contributed by atoms with van der Waals surface area (Å²) < 4.78 is 5.08. The van der Waals surface area contributed by atoms with Crippen LogP contribution in [0.5, 0.6) is 0 Å². The van der Waals surface area contributed by atoms with E-state index in [1.54, 1.807) is 0 Å². The fraction of sp³-hybridized carbons (Fsp3) is 0.667. The Bertz CT molecular complexity index is 184. The summed E-state index contributed by atoms with van der Waals surface area (Å²) in [6, 6.07) is 0. The Hall–Kier alpha value is -0.790. The molecule has 2 nitrogen and oxygen atoms in total. The molecule has 0 bridgehead atoms. The molecule has 1 aliphatic heterocycles. The Morgan fingerprint density at radius 3 is 2.82 bits per heavy atom. The van der Waals surface area contributed by atoms with E-state index in [1.165, 1.54) is 0 Å². The van der Waals surface area contributed by atoms with Gasteiger partial charge in [0.05, 0.1) is 6.42 Å². The average molecular weight is 154 g/mol. The first-order chi connectivity index (χ1) is 5.09. The molecular formula is C9H14O2. The smallest absolute Gasteiger partial charge is 0.306 e. The molecule has 0 radical (unpaired) electrons. The number of hydrogen-bond acceptors (Lipinski definition) is 2. The van der Waals surface area contributed by atoms with E-state index in [0.717, 1.165) is 12.0 Å². The minimum atomic E-state index is -0.0660. The third-order valence-electron chi connectivity index (χ3n) is 1.96. The molecule has 62 valence electrons. The van der Waals surface area contributed by atoms with Gasteiger partial charge in [-0.1, -0.05) is 12.5 Å². The largest absolute Gasteiger partial charge is 0.462 e. The van der Waals surface area contributed by atoms with E-state index in [2.05, 4.69) is 6.58 Å². The SMILES string of the molecule is C=C(C)C[C@@H]1OC(=O)C[C@H]1C. The van der Waals surface area contributed by atoms with Crippen molar-refractivity contribution in [2.45, 2.75) is 32.8 Å². The summed E-state index contributed by atoms with van der Waals surface area (Å²) in [5.74, 6) is 0.294. The second kappa shape index (κ2) is 3.07. The van der Waals surface area contributed by atoms with E-state index >= 15 is 0 Å². The second-order valence-electron chi connectivity index (χ2n) is 3.37. The van der Waals surface area contributed by atoms with Crippen molar-refractivity contribution in [1.29, 1.82) is 0 Å². The first-order valence-corrected chi connectivity index (χ1v) is 3.93. The molecule has 2 atom stereocenters. The predicted octanol–water partition coefficient (Wildman–Crippen LogP) is 1.90. The van der Waals surface area contributed by atoms with Crippen LogP contribution in [0.4, 0.5) is 0 Å². The molecule has 0 aliphatic carbocycles. The Morgan fingerprint density at radius 1 is 1.82 bits per heavy atom. The minimum Gasteiger partial charge on any atom is -0.462 e. The van der Waals surface area contributed by atoms with Gasteiger partial charge in [0.25, 0.3) is 0 Å². The van der Waals surface area contributed by atoms with E-state index in [4.69, 9.17) is 4.74 Å². The van der Waals surface area contributed by atoms with Crippen LogP contribution in [0.15, 0.2) is 12.2 Å². The molecule has 1 fully saturated rings. The lowest BCUT2D eigenvalue weighted by Crippen LogP contribution is -2.13. The van der Waals surface area contributed by atoms with Gasteiger partial charge in [-0.2, -0.15) is 0 Å². The van der Waals surface area contributed by atoms with Gasteiger partial charge in [0.1, 0.15) is 6.10 Å². The van der Waals surface area contributed by atoms with Gasteiger partial charge in [-0.25, -0.2) is 0 Å². The van der Waals surface area contributed by atoms with Gasteiger partial charge >= 0.3 is 5.97 Å². The van der Waals surface area contributed by atoms with Gasteiger partial charge in [0.15, 0.2) is 0 Å². The highest BCUT2D eigenvalue weighted by Gasteiger charge is 2.30. The van der Waals surface area contributed by atoms with E-state index in [-0.39, 0.29) is 12.1 Å². The summed E-state index contributed by atoms with van der Waals surface area (Å²) in [6.45, 7) is 7.78. The van der Waals surface area contributed by atoms with E-state index in [0.29, 0.717) is 12.3 Å². The van der Waals surface area contributed by atoms with Crippen molar-refractivity contribution in [1.82, 2.24) is 0 Å². The van der Waals surface area contributed by atoms with Gasteiger partial charge in [-0.3, -0.25) is 4.79 Å². The van der Waals surface area contributed by atoms with Crippen molar-refractivity contribution in [3.8, 4) is 0 Å². The zero-order chi connectivity index (χ0) is 8.43. The van der Waals surface area contributed by atoms with Gasteiger partial charge in [-0.05, 0) is 6.92 Å². The van der Waals surface area contributed by atoms with Crippen LogP contribution in [0.2, 0.25) is 0 Å². The Balaban J connectivity index is 2.46. The average Bonchev–Trinajstić information content (AvgIpc) is 2.09. The first-order valence-electron chi connectivity index (χ1n) is 3.93. The molecule has 1 heterocycles. The zero-order valence-electron chi connectivity index (χ0n) is 7.09. The van der Waals surface area contributed by atoms with Gasteiger partial charge in [0.2, 0.25) is 0 Å². The summed E-state index contributed by atoms with van der Waals surface area (Å²) >= 11 is 0.